The molecule has 0 aliphatic rings. The monoisotopic (exact) mass is 715 g/mol. The Hall–Kier alpha value is -4.31. The van der Waals surface area contributed by atoms with Gasteiger partial charge in [0.2, 0.25) is 0 Å². The van der Waals surface area contributed by atoms with Crippen LogP contribution in [0.4, 0.5) is 0 Å². The summed E-state index contributed by atoms with van der Waals surface area (Å²) < 4.78 is 6.44. The quantitative estimate of drug-likeness (QED) is 0.0854. The number of rotatable bonds is 4. The normalized spacial score (nSPS) is 11.5. The van der Waals surface area contributed by atoms with Crippen molar-refractivity contribution in [1.29, 1.82) is 0 Å². The maximum Gasteiger partial charge on any atom is 0.158 e. The van der Waals surface area contributed by atoms with Crippen molar-refractivity contribution in [3.8, 4) is 11.3 Å². The minimum atomic E-state index is -0.0191. The molecule has 0 amide bonds. The van der Waals surface area contributed by atoms with Crippen LogP contribution >= 0.6 is 0 Å². The van der Waals surface area contributed by atoms with Gasteiger partial charge in [-0.05, 0) is 50.1 Å². The van der Waals surface area contributed by atoms with Crippen LogP contribution in [-0.4, -0.2) is 15.9 Å². The van der Waals surface area contributed by atoms with E-state index in [1.807, 2.05) is 30.5 Å². The summed E-state index contributed by atoms with van der Waals surface area (Å²) in [4.78, 5) is 15.3. The zero-order chi connectivity index (χ0) is 27.6. The van der Waals surface area contributed by atoms with Crippen molar-refractivity contribution >= 4 is 60.0 Å². The zero-order valence-electron chi connectivity index (χ0n) is 22.8. The molecule has 5 aromatic carbocycles. The van der Waals surface area contributed by atoms with Crippen molar-refractivity contribution in [2.45, 2.75) is 26.7 Å². The molecule has 0 saturated heterocycles. The van der Waals surface area contributed by atoms with Crippen molar-refractivity contribution in [3.05, 3.63) is 115 Å². The van der Waals surface area contributed by atoms with Gasteiger partial charge < -0.3 is 14.5 Å². The Morgan fingerprint density at radius 1 is 0.805 bits per heavy atom. The molecule has 1 N–H and O–H groups in total. The maximum absolute atomic E-state index is 10.5. The number of fused-ring (bicyclic) bond motifs is 8. The molecule has 1 radical (unpaired) electrons. The Kier molecular flexibility index (Phi) is 8.30. The van der Waals surface area contributed by atoms with Crippen LogP contribution in [-0.2, 0) is 24.9 Å². The third kappa shape index (κ3) is 5.27. The van der Waals surface area contributed by atoms with Crippen LogP contribution in [0.2, 0.25) is 0 Å². The Morgan fingerprint density at radius 3 is 2.27 bits per heavy atom. The van der Waals surface area contributed by atoms with Crippen molar-refractivity contribution in [1.82, 2.24) is 4.98 Å². The summed E-state index contributed by atoms with van der Waals surface area (Å²) in [6.45, 7) is 3.57. The van der Waals surface area contributed by atoms with Gasteiger partial charge in [0.05, 0.1) is 11.3 Å². The van der Waals surface area contributed by atoms with Crippen LogP contribution in [0.1, 0.15) is 26.7 Å². The first-order valence-corrected chi connectivity index (χ1v) is 13.5. The van der Waals surface area contributed by atoms with Gasteiger partial charge in [0.25, 0.3) is 0 Å². The number of pyridine rings is 1. The summed E-state index contributed by atoms with van der Waals surface area (Å²) in [5.41, 5.74) is 3.53. The summed E-state index contributed by atoms with van der Waals surface area (Å²) in [6.07, 6.45) is 4.13. The van der Waals surface area contributed by atoms with E-state index in [1.54, 1.807) is 13.8 Å². The molecule has 4 nitrogen and oxygen atoms in total. The first-order valence-electron chi connectivity index (χ1n) is 13.5. The number of allylic oxidation sites excluding steroid dienone is 2. The summed E-state index contributed by atoms with van der Waals surface area (Å²) in [7, 11) is 0. The minimum absolute atomic E-state index is 0. The third-order valence-electron chi connectivity index (χ3n) is 7.27. The van der Waals surface area contributed by atoms with Gasteiger partial charge in [0.1, 0.15) is 5.58 Å². The Labute approximate surface area is 251 Å². The molecule has 0 bridgehead atoms. The molecule has 5 heteroatoms. The number of hydrogen-bond acceptors (Lipinski definition) is 4. The van der Waals surface area contributed by atoms with Crippen LogP contribution in [0.3, 0.4) is 0 Å². The third-order valence-corrected chi connectivity index (χ3v) is 7.27. The zero-order valence-corrected chi connectivity index (χ0v) is 25.2. The predicted molar refractivity (Wildman–Crippen MR) is 165 cm³/mol. The van der Waals surface area contributed by atoms with E-state index >= 15 is 0 Å². The van der Waals surface area contributed by atoms with Crippen LogP contribution in [0.25, 0.3) is 65.5 Å². The van der Waals surface area contributed by atoms with Crippen molar-refractivity contribution in [2.75, 3.05) is 0 Å². The van der Waals surface area contributed by atoms with Crippen LogP contribution in [0, 0.1) is 6.07 Å². The molecule has 205 valence electrons. The molecule has 0 aliphatic carbocycles. The number of nitrogens with zero attached hydrogens (tertiary/aromatic N) is 1. The Balaban J connectivity index is 0.000000296. The largest absolute Gasteiger partial charge is 0.512 e. The van der Waals surface area contributed by atoms with Gasteiger partial charge >= 0.3 is 0 Å². The molecule has 0 fully saturated rings. The molecule has 2 heterocycles. The van der Waals surface area contributed by atoms with E-state index in [-0.39, 0.29) is 31.6 Å². The second-order valence-corrected chi connectivity index (χ2v) is 9.71. The number of hydrogen-bond donors (Lipinski definition) is 1. The number of carbonyl (C=O) groups excluding carboxylic acids is 1. The molecule has 2 aromatic heterocycles. The number of carbonyl (C=O) groups is 1. The molecule has 0 saturated carbocycles. The van der Waals surface area contributed by atoms with Crippen molar-refractivity contribution in [2.24, 2.45) is 0 Å². The number of benzene rings is 5. The molecule has 41 heavy (non-hydrogen) atoms. The topological polar surface area (TPSA) is 63.3 Å². The molecule has 7 aromatic rings. The number of aliphatic hydroxyl groups excluding tert-OH is 1. The van der Waals surface area contributed by atoms with E-state index < -0.39 is 0 Å². The van der Waals surface area contributed by atoms with E-state index in [9.17, 15) is 4.79 Å². The fourth-order valence-corrected chi connectivity index (χ4v) is 5.21. The molecular weight excluding hydrogens is 687 g/mol. The first-order chi connectivity index (χ1) is 19.6. The molecule has 0 unspecified atom stereocenters. The number of furan rings is 1. The van der Waals surface area contributed by atoms with E-state index in [0.29, 0.717) is 12.8 Å². The van der Waals surface area contributed by atoms with E-state index in [0.717, 1.165) is 44.0 Å². The Bertz CT molecular complexity index is 2070. The molecule has 0 aliphatic heterocycles. The summed E-state index contributed by atoms with van der Waals surface area (Å²) >= 11 is 0. The SMILES string of the molecule is CCC(=O)/C=C(\O)CC.[Ir].[c-]1ccc2c(oc3ccc4c5ccccc5ccc4c32)c1-c1nccc2ccccc12. The van der Waals surface area contributed by atoms with E-state index in [2.05, 4.69) is 72.8 Å². The van der Waals surface area contributed by atoms with Crippen LogP contribution in [0.15, 0.2) is 113 Å². The summed E-state index contributed by atoms with van der Waals surface area (Å²) in [5, 5.41) is 18.3. The molecule has 7 rings (SSSR count). The van der Waals surface area contributed by atoms with E-state index in [4.69, 9.17) is 14.5 Å². The predicted octanol–water partition coefficient (Wildman–Crippen LogP) is 9.72. The second-order valence-electron chi connectivity index (χ2n) is 9.71. The number of ketones is 1. The Morgan fingerprint density at radius 2 is 1.51 bits per heavy atom. The van der Waals surface area contributed by atoms with E-state index in [1.165, 1.54) is 27.6 Å². The fraction of sp³-hybridized carbons (Fsp3) is 0.111. The van der Waals surface area contributed by atoms with Gasteiger partial charge in [-0.2, -0.15) is 0 Å². The van der Waals surface area contributed by atoms with Crippen LogP contribution < -0.4 is 0 Å². The second kappa shape index (κ2) is 12.1. The molecule has 0 atom stereocenters. The van der Waals surface area contributed by atoms with Gasteiger partial charge in [0, 0.05) is 50.6 Å². The average Bonchev–Trinajstić information content (AvgIpc) is 3.40. The summed E-state index contributed by atoms with van der Waals surface area (Å²) in [6, 6.07) is 35.0. The molecule has 0 spiro atoms. The van der Waals surface area contributed by atoms with Crippen LogP contribution in [0.5, 0.6) is 0 Å². The van der Waals surface area contributed by atoms with Gasteiger partial charge in [-0.1, -0.05) is 91.5 Å². The van der Waals surface area contributed by atoms with Gasteiger partial charge in [-0.15, -0.1) is 18.2 Å². The number of aliphatic hydroxyl groups is 1. The minimum Gasteiger partial charge on any atom is -0.512 e. The smallest absolute Gasteiger partial charge is 0.158 e. The van der Waals surface area contributed by atoms with Gasteiger partial charge in [-0.3, -0.25) is 4.79 Å². The van der Waals surface area contributed by atoms with Gasteiger partial charge in [-0.25, -0.2) is 0 Å². The fourth-order valence-electron chi connectivity index (χ4n) is 5.21. The number of aromatic nitrogens is 1. The molecular formula is C36H28IrNO3-. The van der Waals surface area contributed by atoms with Gasteiger partial charge in [0.15, 0.2) is 5.78 Å². The first kappa shape index (κ1) is 28.2. The summed E-state index contributed by atoms with van der Waals surface area (Å²) in [5.74, 6) is 0.149. The average molecular weight is 715 g/mol. The standard InChI is InChI=1S/C29H16NO.C7H12O2.Ir/c1-3-8-20-18(6-1)12-13-23-22(20)14-15-26-27(23)24-10-5-11-25(29(24)31-26)28-21-9-4-2-7-19(21)16-17-30-28;1-3-6(8)5-7(9)4-2;/h1-10,12-17H;5,8H,3-4H2,1-2H3;/q-1;;/b;6-5-;. The van der Waals surface area contributed by atoms with Crippen molar-refractivity contribution < 1.29 is 34.4 Å². The van der Waals surface area contributed by atoms with Crippen molar-refractivity contribution in [3.63, 3.8) is 0 Å². The maximum atomic E-state index is 10.5.